The van der Waals surface area contributed by atoms with Gasteiger partial charge in [0.2, 0.25) is 5.91 Å². The smallest absolute Gasteiger partial charge is 0.310 e. The summed E-state index contributed by atoms with van der Waals surface area (Å²) in [5.74, 6) is -2.70. The summed E-state index contributed by atoms with van der Waals surface area (Å²) in [5, 5.41) is 2.30. The first-order valence-electron chi connectivity index (χ1n) is 8.09. The molecule has 0 unspecified atom stereocenters. The van der Waals surface area contributed by atoms with Gasteiger partial charge in [-0.1, -0.05) is 6.07 Å². The molecule has 1 amide bonds. The average molecular weight is 340 g/mol. The third-order valence-electron chi connectivity index (χ3n) is 4.21. The number of hydrogen-bond donors (Lipinski definition) is 1. The van der Waals surface area contributed by atoms with E-state index in [1.807, 2.05) is 4.90 Å². The van der Waals surface area contributed by atoms with Crippen LogP contribution < -0.4 is 5.32 Å². The molecule has 7 heteroatoms. The number of benzene rings is 1. The largest absolute Gasteiger partial charge is 0.466 e. The number of hydrogen-bond acceptors (Lipinski definition) is 4. The molecule has 1 aromatic carbocycles. The van der Waals surface area contributed by atoms with Gasteiger partial charge in [-0.3, -0.25) is 14.5 Å². The van der Waals surface area contributed by atoms with Crippen molar-refractivity contribution in [1.82, 2.24) is 4.90 Å². The highest BCUT2D eigenvalue weighted by Gasteiger charge is 2.32. The van der Waals surface area contributed by atoms with Crippen molar-refractivity contribution < 1.29 is 23.1 Å². The monoisotopic (exact) mass is 340 g/mol. The first kappa shape index (κ1) is 18.3. The number of nitrogens with one attached hydrogen (secondary N) is 1. The van der Waals surface area contributed by atoms with Gasteiger partial charge in [0.1, 0.15) is 17.3 Å². The molecule has 1 aliphatic rings. The third-order valence-corrected chi connectivity index (χ3v) is 4.21. The highest BCUT2D eigenvalue weighted by Crippen LogP contribution is 2.22. The van der Waals surface area contributed by atoms with Crippen LogP contribution in [0, 0.1) is 17.6 Å². The molecule has 5 nitrogen and oxygen atoms in total. The van der Waals surface area contributed by atoms with Crippen molar-refractivity contribution in [3.8, 4) is 0 Å². The summed E-state index contributed by atoms with van der Waals surface area (Å²) in [7, 11) is 0. The third kappa shape index (κ3) is 4.29. The molecule has 1 aromatic rings. The van der Waals surface area contributed by atoms with E-state index in [0.29, 0.717) is 26.1 Å². The minimum Gasteiger partial charge on any atom is -0.466 e. The fourth-order valence-electron chi connectivity index (χ4n) is 2.82. The maximum Gasteiger partial charge on any atom is 0.310 e. The van der Waals surface area contributed by atoms with Crippen LogP contribution in [0.25, 0.3) is 0 Å². The average Bonchev–Trinajstić information content (AvgIpc) is 2.57. The Morgan fingerprint density at radius 3 is 2.67 bits per heavy atom. The van der Waals surface area contributed by atoms with Crippen molar-refractivity contribution in [1.29, 1.82) is 0 Å². The van der Waals surface area contributed by atoms with Gasteiger partial charge in [0.05, 0.1) is 18.6 Å². The van der Waals surface area contributed by atoms with Crippen LogP contribution in [0.15, 0.2) is 18.2 Å². The van der Waals surface area contributed by atoms with E-state index in [0.717, 1.165) is 18.6 Å². The normalized spacial score (nSPS) is 19.6. The number of rotatable bonds is 5. The summed E-state index contributed by atoms with van der Waals surface area (Å²) in [6.45, 7) is 4.76. The molecular weight excluding hydrogens is 318 g/mol. The van der Waals surface area contributed by atoms with Crippen LogP contribution in [0.2, 0.25) is 0 Å². The molecule has 0 bridgehead atoms. The summed E-state index contributed by atoms with van der Waals surface area (Å²) in [6.07, 6.45) is 1.47. The van der Waals surface area contributed by atoms with Crippen molar-refractivity contribution in [3.05, 3.63) is 29.8 Å². The van der Waals surface area contributed by atoms with Crippen LogP contribution in [0.1, 0.15) is 26.7 Å². The molecule has 1 fully saturated rings. The molecule has 1 aliphatic heterocycles. The Balaban J connectivity index is 2.01. The number of amides is 1. The van der Waals surface area contributed by atoms with Crippen LogP contribution in [-0.4, -0.2) is 42.5 Å². The van der Waals surface area contributed by atoms with Crippen molar-refractivity contribution in [2.75, 3.05) is 25.0 Å². The van der Waals surface area contributed by atoms with Gasteiger partial charge in [-0.05, 0) is 45.4 Å². The zero-order chi connectivity index (χ0) is 17.7. The standard InChI is InChI=1S/C17H22F2N2O3/c1-3-24-17(23)12-6-5-9-21(10-12)11(2)16(22)20-15-13(18)7-4-8-14(15)19/h4,7-8,11-12H,3,5-6,9-10H2,1-2H3,(H,20,22)/t11-,12+/m0/s1. The van der Waals surface area contributed by atoms with Gasteiger partial charge in [-0.2, -0.15) is 0 Å². The summed E-state index contributed by atoms with van der Waals surface area (Å²) in [5.41, 5.74) is -0.451. The second kappa shape index (κ2) is 8.19. The lowest BCUT2D eigenvalue weighted by Gasteiger charge is -2.35. The Morgan fingerprint density at radius 2 is 2.04 bits per heavy atom. The Bertz CT molecular complexity index is 589. The first-order chi connectivity index (χ1) is 11.4. The molecule has 0 spiro atoms. The quantitative estimate of drug-likeness (QED) is 0.837. The lowest BCUT2D eigenvalue weighted by atomic mass is 9.97. The molecule has 2 atom stereocenters. The number of ether oxygens (including phenoxy) is 1. The summed E-state index contributed by atoms with van der Waals surface area (Å²) in [4.78, 5) is 26.0. The minimum absolute atomic E-state index is 0.269. The van der Waals surface area contributed by atoms with Gasteiger partial charge in [0.15, 0.2) is 0 Å². The van der Waals surface area contributed by atoms with Gasteiger partial charge in [-0.15, -0.1) is 0 Å². The maximum absolute atomic E-state index is 13.6. The summed E-state index contributed by atoms with van der Waals surface area (Å²) in [6, 6.07) is 2.79. The van der Waals surface area contributed by atoms with Gasteiger partial charge < -0.3 is 10.1 Å². The summed E-state index contributed by atoms with van der Waals surface area (Å²) >= 11 is 0. The van der Waals surface area contributed by atoms with E-state index in [4.69, 9.17) is 4.74 Å². The van der Waals surface area contributed by atoms with Crippen LogP contribution in [0.4, 0.5) is 14.5 Å². The van der Waals surface area contributed by atoms with E-state index in [1.54, 1.807) is 13.8 Å². The van der Waals surface area contributed by atoms with Gasteiger partial charge in [0, 0.05) is 6.54 Å². The number of carbonyl (C=O) groups is 2. The van der Waals surface area contributed by atoms with Crippen LogP contribution >= 0.6 is 0 Å². The number of para-hydroxylation sites is 1. The Labute approximate surface area is 140 Å². The number of likely N-dealkylation sites (tertiary alicyclic amines) is 1. The zero-order valence-corrected chi connectivity index (χ0v) is 13.9. The van der Waals surface area contributed by atoms with Crippen LogP contribution in [0.3, 0.4) is 0 Å². The van der Waals surface area contributed by atoms with Crippen molar-refractivity contribution in [2.24, 2.45) is 5.92 Å². The van der Waals surface area contributed by atoms with Gasteiger partial charge in [-0.25, -0.2) is 8.78 Å². The predicted octanol–water partition coefficient (Wildman–Crippen LogP) is 2.57. The van der Waals surface area contributed by atoms with E-state index in [-0.39, 0.29) is 11.9 Å². The molecule has 0 aromatic heterocycles. The molecule has 1 saturated heterocycles. The van der Waals surface area contributed by atoms with Crippen LogP contribution in [0.5, 0.6) is 0 Å². The van der Waals surface area contributed by atoms with Crippen molar-refractivity contribution in [3.63, 3.8) is 0 Å². The lowest BCUT2D eigenvalue weighted by Crippen LogP contribution is -2.48. The van der Waals surface area contributed by atoms with Crippen LogP contribution in [-0.2, 0) is 14.3 Å². The van der Waals surface area contributed by atoms with Crippen molar-refractivity contribution in [2.45, 2.75) is 32.7 Å². The molecule has 1 heterocycles. The molecular formula is C17H22F2N2O3. The van der Waals surface area contributed by atoms with Gasteiger partial charge >= 0.3 is 5.97 Å². The molecule has 0 radical (unpaired) electrons. The molecule has 1 N–H and O–H groups in total. The highest BCUT2D eigenvalue weighted by atomic mass is 19.1. The molecule has 24 heavy (non-hydrogen) atoms. The van der Waals surface area contributed by atoms with Gasteiger partial charge in [0.25, 0.3) is 0 Å². The topological polar surface area (TPSA) is 58.6 Å². The van der Waals surface area contributed by atoms with E-state index >= 15 is 0 Å². The number of carbonyl (C=O) groups excluding carboxylic acids is 2. The molecule has 2 rings (SSSR count). The molecule has 0 saturated carbocycles. The van der Waals surface area contributed by atoms with E-state index < -0.39 is 29.3 Å². The first-order valence-corrected chi connectivity index (χ1v) is 8.09. The van der Waals surface area contributed by atoms with E-state index in [2.05, 4.69) is 5.32 Å². The number of piperidine rings is 1. The predicted molar refractivity (Wildman–Crippen MR) is 85.4 cm³/mol. The lowest BCUT2D eigenvalue weighted by molar-refractivity contribution is -0.150. The molecule has 0 aliphatic carbocycles. The maximum atomic E-state index is 13.6. The van der Waals surface area contributed by atoms with E-state index in [9.17, 15) is 18.4 Å². The Kier molecular flexibility index (Phi) is 6.25. The number of halogens is 2. The molecule has 132 valence electrons. The van der Waals surface area contributed by atoms with E-state index in [1.165, 1.54) is 6.07 Å². The number of anilines is 1. The summed E-state index contributed by atoms with van der Waals surface area (Å²) < 4.78 is 32.3. The fourth-order valence-corrected chi connectivity index (χ4v) is 2.82. The fraction of sp³-hybridized carbons (Fsp3) is 0.529. The minimum atomic E-state index is -0.821. The number of esters is 1. The SMILES string of the molecule is CCOC(=O)[C@@H]1CCCN([C@@H](C)C(=O)Nc2c(F)cccc2F)C1. The second-order valence-corrected chi connectivity index (χ2v) is 5.85. The Morgan fingerprint density at radius 1 is 1.38 bits per heavy atom. The second-order valence-electron chi connectivity index (χ2n) is 5.85. The number of nitrogens with zero attached hydrogens (tertiary/aromatic N) is 1. The highest BCUT2D eigenvalue weighted by molar-refractivity contribution is 5.94. The Hall–Kier alpha value is -2.02. The zero-order valence-electron chi connectivity index (χ0n) is 13.9. The van der Waals surface area contributed by atoms with Crippen molar-refractivity contribution >= 4 is 17.6 Å².